The summed E-state index contributed by atoms with van der Waals surface area (Å²) >= 11 is 1.22. The average molecular weight is 307 g/mol. The van der Waals surface area contributed by atoms with Crippen LogP contribution in [0.5, 0.6) is 0 Å². The van der Waals surface area contributed by atoms with E-state index in [2.05, 4.69) is 10.1 Å². The maximum atomic E-state index is 13.2. The molecule has 0 radical (unpaired) electrons. The molecular weight excluding hydrogens is 303 g/mol. The number of halogens is 3. The van der Waals surface area contributed by atoms with E-state index in [1.165, 1.54) is 11.3 Å². The summed E-state index contributed by atoms with van der Waals surface area (Å²) in [4.78, 5) is 4.43. The van der Waals surface area contributed by atoms with Crippen LogP contribution in [0.15, 0.2) is 28.1 Å². The molecule has 0 fully saturated rings. The second-order valence-electron chi connectivity index (χ2n) is 3.95. The molecule has 21 heavy (non-hydrogen) atoms. The highest BCUT2D eigenvalue weighted by atomic mass is 32.1. The fourth-order valence-corrected chi connectivity index (χ4v) is 2.45. The van der Waals surface area contributed by atoms with Crippen LogP contribution in [0, 0.1) is 28.8 Å². The number of rotatable bonds is 2. The van der Waals surface area contributed by atoms with E-state index < -0.39 is 17.5 Å². The molecule has 0 N–H and O–H groups in total. The Labute approximate surface area is 120 Å². The second-order valence-corrected chi connectivity index (χ2v) is 4.87. The zero-order chi connectivity index (χ0) is 15.0. The molecule has 0 amide bonds. The third kappa shape index (κ3) is 2.28. The number of hydrogen-bond acceptors (Lipinski definition) is 5. The van der Waals surface area contributed by atoms with Gasteiger partial charge in [0.25, 0.3) is 5.89 Å². The van der Waals surface area contributed by atoms with Crippen molar-refractivity contribution in [2.75, 3.05) is 0 Å². The van der Waals surface area contributed by atoms with Crippen LogP contribution in [0.3, 0.4) is 0 Å². The molecule has 0 saturated heterocycles. The maximum Gasteiger partial charge on any atom is 0.269 e. The molecule has 0 atom stereocenters. The van der Waals surface area contributed by atoms with Gasteiger partial charge in [-0.2, -0.15) is 10.2 Å². The van der Waals surface area contributed by atoms with Crippen LogP contribution in [0.25, 0.3) is 22.2 Å². The van der Waals surface area contributed by atoms with E-state index in [4.69, 9.17) is 9.78 Å². The van der Waals surface area contributed by atoms with E-state index >= 15 is 0 Å². The van der Waals surface area contributed by atoms with Gasteiger partial charge in [0.1, 0.15) is 10.9 Å². The monoisotopic (exact) mass is 307 g/mol. The van der Waals surface area contributed by atoms with Gasteiger partial charge in [0.15, 0.2) is 17.5 Å². The first-order valence-corrected chi connectivity index (χ1v) is 6.44. The van der Waals surface area contributed by atoms with Gasteiger partial charge in [-0.05, 0) is 23.6 Å². The maximum absolute atomic E-state index is 13.2. The normalized spacial score (nSPS) is 10.6. The van der Waals surface area contributed by atoms with Crippen LogP contribution in [0.2, 0.25) is 0 Å². The van der Waals surface area contributed by atoms with Gasteiger partial charge >= 0.3 is 0 Å². The lowest BCUT2D eigenvalue weighted by Crippen LogP contribution is -1.92. The highest BCUT2D eigenvalue weighted by molar-refractivity contribution is 7.13. The third-order valence-electron chi connectivity index (χ3n) is 2.65. The Hall–Kier alpha value is -2.66. The molecule has 0 unspecified atom stereocenters. The lowest BCUT2D eigenvalue weighted by atomic mass is 10.2. The predicted octanol–water partition coefficient (Wildman–Crippen LogP) is 3.75. The summed E-state index contributed by atoms with van der Waals surface area (Å²) in [7, 11) is 0. The number of thiophene rings is 1. The van der Waals surface area contributed by atoms with Crippen LogP contribution in [-0.4, -0.2) is 10.1 Å². The quantitative estimate of drug-likeness (QED) is 0.676. The minimum Gasteiger partial charge on any atom is -0.333 e. The molecule has 0 aliphatic rings. The molecule has 8 heteroatoms. The molecule has 4 nitrogen and oxygen atoms in total. The topological polar surface area (TPSA) is 62.7 Å². The van der Waals surface area contributed by atoms with E-state index in [9.17, 15) is 13.2 Å². The smallest absolute Gasteiger partial charge is 0.269 e. The van der Waals surface area contributed by atoms with Gasteiger partial charge in [-0.15, -0.1) is 11.3 Å². The van der Waals surface area contributed by atoms with E-state index in [0.29, 0.717) is 10.4 Å². The largest absolute Gasteiger partial charge is 0.333 e. The highest BCUT2D eigenvalue weighted by Crippen LogP contribution is 2.30. The van der Waals surface area contributed by atoms with E-state index in [1.807, 2.05) is 6.07 Å². The van der Waals surface area contributed by atoms with Gasteiger partial charge in [0.2, 0.25) is 5.82 Å². The number of nitrogens with zero attached hydrogens (tertiary/aromatic N) is 3. The lowest BCUT2D eigenvalue weighted by Gasteiger charge is -1.98. The summed E-state index contributed by atoms with van der Waals surface area (Å²) in [6.45, 7) is 0. The molecule has 0 saturated carbocycles. The van der Waals surface area contributed by atoms with Crippen LogP contribution < -0.4 is 0 Å². The Morgan fingerprint density at radius 2 is 1.90 bits per heavy atom. The van der Waals surface area contributed by atoms with Crippen molar-refractivity contribution in [2.45, 2.75) is 0 Å². The summed E-state index contributed by atoms with van der Waals surface area (Å²) in [6, 6.07) is 5.09. The summed E-state index contributed by atoms with van der Waals surface area (Å²) in [5.74, 6) is -4.29. The van der Waals surface area contributed by atoms with Crippen molar-refractivity contribution in [1.82, 2.24) is 10.1 Å². The van der Waals surface area contributed by atoms with Crippen molar-refractivity contribution in [1.29, 1.82) is 5.26 Å². The molecule has 2 heterocycles. The van der Waals surface area contributed by atoms with Gasteiger partial charge in [0, 0.05) is 5.56 Å². The Kier molecular flexibility index (Phi) is 3.19. The van der Waals surface area contributed by atoms with Gasteiger partial charge in [0.05, 0.1) is 5.56 Å². The molecule has 0 bridgehead atoms. The van der Waals surface area contributed by atoms with E-state index in [1.54, 1.807) is 11.4 Å². The van der Waals surface area contributed by atoms with Crippen molar-refractivity contribution in [3.63, 3.8) is 0 Å². The van der Waals surface area contributed by atoms with Crippen molar-refractivity contribution in [3.8, 4) is 28.2 Å². The van der Waals surface area contributed by atoms with Crippen molar-refractivity contribution >= 4 is 11.3 Å². The number of aromatic nitrogens is 2. The van der Waals surface area contributed by atoms with Gasteiger partial charge in [-0.1, -0.05) is 5.16 Å². The predicted molar refractivity (Wildman–Crippen MR) is 67.6 cm³/mol. The summed E-state index contributed by atoms with van der Waals surface area (Å²) in [5.41, 5.74) is 0.295. The van der Waals surface area contributed by atoms with Crippen molar-refractivity contribution < 1.29 is 17.7 Å². The molecule has 3 rings (SSSR count). The van der Waals surface area contributed by atoms with Crippen LogP contribution in [0.4, 0.5) is 13.2 Å². The summed E-state index contributed by atoms with van der Waals surface area (Å²) in [5, 5.41) is 14.2. The summed E-state index contributed by atoms with van der Waals surface area (Å²) < 4.78 is 44.2. The van der Waals surface area contributed by atoms with E-state index in [0.717, 1.165) is 12.1 Å². The SMILES string of the molecule is N#Cc1ccsc1-c1nc(-c2cc(F)c(F)c(F)c2)no1. The van der Waals surface area contributed by atoms with Crippen molar-refractivity contribution in [2.24, 2.45) is 0 Å². The molecule has 3 aromatic rings. The van der Waals surface area contributed by atoms with Crippen molar-refractivity contribution in [3.05, 3.63) is 46.6 Å². The average Bonchev–Trinajstić information content (AvgIpc) is 3.11. The highest BCUT2D eigenvalue weighted by Gasteiger charge is 2.18. The minimum absolute atomic E-state index is 0.0571. The molecule has 0 aliphatic heterocycles. The number of benzene rings is 1. The Bertz CT molecular complexity index is 843. The van der Waals surface area contributed by atoms with Gasteiger partial charge in [-0.3, -0.25) is 0 Å². The van der Waals surface area contributed by atoms with Gasteiger partial charge in [-0.25, -0.2) is 13.2 Å². The second kappa shape index (κ2) is 5.03. The number of hydrogen-bond donors (Lipinski definition) is 0. The Morgan fingerprint density at radius 3 is 2.57 bits per heavy atom. The first kappa shape index (κ1) is 13.3. The first-order valence-electron chi connectivity index (χ1n) is 5.56. The van der Waals surface area contributed by atoms with Crippen LogP contribution in [0.1, 0.15) is 5.56 Å². The zero-order valence-electron chi connectivity index (χ0n) is 10.1. The first-order chi connectivity index (χ1) is 10.1. The number of nitriles is 1. The van der Waals surface area contributed by atoms with E-state index in [-0.39, 0.29) is 17.3 Å². The molecule has 0 spiro atoms. The molecule has 104 valence electrons. The summed E-state index contributed by atoms with van der Waals surface area (Å²) in [6.07, 6.45) is 0. The van der Waals surface area contributed by atoms with Gasteiger partial charge < -0.3 is 4.52 Å². The zero-order valence-corrected chi connectivity index (χ0v) is 10.9. The molecule has 2 aromatic heterocycles. The fraction of sp³-hybridized carbons (Fsp3) is 0. The fourth-order valence-electron chi connectivity index (χ4n) is 1.68. The van der Waals surface area contributed by atoms with Crippen LogP contribution in [-0.2, 0) is 0 Å². The Balaban J connectivity index is 2.05. The molecular formula is C13H4F3N3OS. The molecule has 1 aromatic carbocycles. The molecule has 0 aliphatic carbocycles. The van der Waals surface area contributed by atoms with Crippen LogP contribution >= 0.6 is 11.3 Å². The minimum atomic E-state index is -1.56. The third-order valence-corrected chi connectivity index (χ3v) is 3.55. The lowest BCUT2D eigenvalue weighted by molar-refractivity contribution is 0.432. The standard InChI is InChI=1S/C13H4F3N3OS/c14-8-3-7(4-9(15)10(8)16)12-18-13(20-19-12)11-6(5-17)1-2-21-11/h1-4H. The Morgan fingerprint density at radius 1 is 1.19 bits per heavy atom.